The lowest BCUT2D eigenvalue weighted by Crippen LogP contribution is -2.30. The van der Waals surface area contributed by atoms with E-state index in [9.17, 15) is 8.42 Å². The number of fused-ring (bicyclic) bond motifs is 5. The zero-order chi connectivity index (χ0) is 25.0. The van der Waals surface area contributed by atoms with Crippen LogP contribution in [0.4, 0.5) is 11.4 Å². The highest BCUT2D eigenvalue weighted by Crippen LogP contribution is 2.54. The molecule has 36 heavy (non-hydrogen) atoms. The van der Waals surface area contributed by atoms with Gasteiger partial charge in [0.05, 0.1) is 10.9 Å². The first kappa shape index (κ1) is 23.3. The van der Waals surface area contributed by atoms with Gasteiger partial charge in [0.25, 0.3) is 10.0 Å². The second kappa shape index (κ2) is 8.79. The fourth-order valence-corrected chi connectivity index (χ4v) is 7.07. The van der Waals surface area contributed by atoms with Crippen LogP contribution in [0.1, 0.15) is 45.3 Å². The molecule has 4 nitrogen and oxygen atoms in total. The number of rotatable bonds is 4. The van der Waals surface area contributed by atoms with Gasteiger partial charge in [0.15, 0.2) is 0 Å². The van der Waals surface area contributed by atoms with E-state index in [1.165, 1.54) is 16.7 Å². The molecule has 0 amide bonds. The third-order valence-corrected chi connectivity index (χ3v) is 9.58. The van der Waals surface area contributed by atoms with Gasteiger partial charge in [0.1, 0.15) is 0 Å². The maximum absolute atomic E-state index is 13.4. The fourth-order valence-electron chi connectivity index (χ4n) is 5.73. The summed E-state index contributed by atoms with van der Waals surface area (Å²) in [6.07, 6.45) is 0.950. The number of hydrogen-bond donors (Lipinski definition) is 2. The topological polar surface area (TPSA) is 58.2 Å². The van der Waals surface area contributed by atoms with Crippen molar-refractivity contribution in [2.75, 3.05) is 10.0 Å². The maximum atomic E-state index is 13.4. The van der Waals surface area contributed by atoms with E-state index in [1.54, 1.807) is 6.07 Å². The number of anilines is 2. The Balaban J connectivity index is 1.42. The monoisotopic (exact) mass is 558 g/mol. The lowest BCUT2D eigenvalue weighted by molar-refractivity contribution is 0.420. The Kier molecular flexibility index (Phi) is 5.69. The van der Waals surface area contributed by atoms with Gasteiger partial charge in [-0.25, -0.2) is 8.42 Å². The van der Waals surface area contributed by atoms with Crippen molar-refractivity contribution in [2.24, 2.45) is 5.92 Å². The second-order valence-electron chi connectivity index (χ2n) is 9.87. The Morgan fingerprint density at radius 2 is 1.64 bits per heavy atom. The molecule has 0 aromatic heterocycles. The van der Waals surface area contributed by atoms with Gasteiger partial charge in [0, 0.05) is 21.8 Å². The van der Waals surface area contributed by atoms with Gasteiger partial charge in [-0.15, -0.1) is 0 Å². The van der Waals surface area contributed by atoms with E-state index >= 15 is 0 Å². The van der Waals surface area contributed by atoms with Gasteiger partial charge in [-0.2, -0.15) is 0 Å². The molecule has 6 rings (SSSR count). The molecule has 6 heteroatoms. The summed E-state index contributed by atoms with van der Waals surface area (Å²) in [5.74, 6) is 0.421. The van der Waals surface area contributed by atoms with Crippen molar-refractivity contribution in [2.45, 2.75) is 37.1 Å². The van der Waals surface area contributed by atoms with Crippen LogP contribution in [0.2, 0.25) is 0 Å². The second-order valence-corrected chi connectivity index (χ2v) is 12.5. The van der Waals surface area contributed by atoms with Crippen LogP contribution < -0.4 is 10.0 Å². The summed E-state index contributed by atoms with van der Waals surface area (Å²) in [5.41, 5.74) is 8.66. The minimum absolute atomic E-state index is 0.128. The van der Waals surface area contributed by atoms with Crippen molar-refractivity contribution in [3.8, 4) is 0 Å². The Hall–Kier alpha value is -3.09. The minimum Gasteiger partial charge on any atom is -0.378 e. The Labute approximate surface area is 221 Å². The SMILES string of the molecule is Cc1ccc(NS(=O)(=O)c2ccc3c(c2)[C@H]2c4ccccc4C[C@H]2[C@H](c2ccc(Br)cc2)N3)cc1C. The van der Waals surface area contributed by atoms with Crippen LogP contribution in [-0.2, 0) is 16.4 Å². The van der Waals surface area contributed by atoms with Gasteiger partial charge in [-0.1, -0.05) is 58.4 Å². The zero-order valence-electron chi connectivity index (χ0n) is 20.1. The number of aryl methyl sites for hydroxylation is 2. The highest BCUT2D eigenvalue weighted by atomic mass is 79.9. The fraction of sp³-hybridized carbons (Fsp3) is 0.200. The third kappa shape index (κ3) is 4.02. The Bertz CT molecular complexity index is 1580. The van der Waals surface area contributed by atoms with Gasteiger partial charge < -0.3 is 5.32 Å². The molecule has 4 aromatic carbocycles. The lowest BCUT2D eigenvalue weighted by Gasteiger charge is -2.38. The summed E-state index contributed by atoms with van der Waals surface area (Å²) in [6, 6.07) is 28.3. The number of halogens is 1. The molecule has 1 aliphatic heterocycles. The first-order chi connectivity index (χ1) is 17.3. The summed E-state index contributed by atoms with van der Waals surface area (Å²) < 4.78 is 30.6. The third-order valence-electron chi connectivity index (χ3n) is 7.67. The molecule has 3 atom stereocenters. The molecule has 0 spiro atoms. The molecular weight excluding hydrogens is 532 g/mol. The molecule has 4 aromatic rings. The average Bonchev–Trinajstić information content (AvgIpc) is 3.26. The number of benzene rings is 4. The van der Waals surface area contributed by atoms with Crippen molar-refractivity contribution < 1.29 is 8.42 Å². The molecule has 0 radical (unpaired) electrons. The molecular formula is C30H27BrN2O2S. The number of nitrogens with one attached hydrogen (secondary N) is 2. The normalized spacial score (nSPS) is 20.1. The quantitative estimate of drug-likeness (QED) is 0.275. The largest absolute Gasteiger partial charge is 0.378 e. The summed E-state index contributed by atoms with van der Waals surface area (Å²) in [4.78, 5) is 0.284. The van der Waals surface area contributed by atoms with Gasteiger partial charge in [-0.3, -0.25) is 4.72 Å². The van der Waals surface area contributed by atoms with Crippen molar-refractivity contribution in [3.63, 3.8) is 0 Å². The van der Waals surface area contributed by atoms with E-state index in [1.807, 2.05) is 44.2 Å². The van der Waals surface area contributed by atoms with E-state index < -0.39 is 10.0 Å². The zero-order valence-corrected chi connectivity index (χ0v) is 22.5. The number of hydrogen-bond acceptors (Lipinski definition) is 3. The lowest BCUT2D eigenvalue weighted by atomic mass is 9.75. The molecule has 0 saturated carbocycles. The van der Waals surface area contributed by atoms with E-state index in [2.05, 4.69) is 74.5 Å². The highest BCUT2D eigenvalue weighted by Gasteiger charge is 2.43. The molecule has 1 heterocycles. The summed E-state index contributed by atoms with van der Waals surface area (Å²) >= 11 is 3.55. The minimum atomic E-state index is -3.74. The Morgan fingerprint density at radius 3 is 2.42 bits per heavy atom. The van der Waals surface area contributed by atoms with E-state index in [0.29, 0.717) is 11.6 Å². The molecule has 0 bridgehead atoms. The van der Waals surface area contributed by atoms with Crippen LogP contribution >= 0.6 is 15.9 Å². The molecule has 1 aliphatic carbocycles. The van der Waals surface area contributed by atoms with E-state index in [0.717, 1.165) is 33.3 Å². The summed E-state index contributed by atoms with van der Waals surface area (Å²) in [6.45, 7) is 4.00. The highest BCUT2D eigenvalue weighted by molar-refractivity contribution is 9.10. The molecule has 0 unspecified atom stereocenters. The van der Waals surface area contributed by atoms with Gasteiger partial charge in [0.2, 0.25) is 0 Å². The maximum Gasteiger partial charge on any atom is 0.261 e. The molecule has 0 saturated heterocycles. The van der Waals surface area contributed by atoms with Crippen LogP contribution in [0.15, 0.2) is 94.3 Å². The van der Waals surface area contributed by atoms with Crippen LogP contribution in [-0.4, -0.2) is 8.42 Å². The smallest absolute Gasteiger partial charge is 0.261 e. The van der Waals surface area contributed by atoms with Crippen molar-refractivity contribution in [3.05, 3.63) is 123 Å². The van der Waals surface area contributed by atoms with Crippen LogP contribution in [0.25, 0.3) is 0 Å². The van der Waals surface area contributed by atoms with Crippen LogP contribution in [0, 0.1) is 19.8 Å². The predicted octanol–water partition coefficient (Wildman–Crippen LogP) is 7.34. The standard InChI is InChI=1S/C30H27BrN2O2S/c1-18-7-12-23(15-19(18)2)33-36(34,35)24-13-14-28-26(17-24)29-25-6-4-3-5-21(25)16-27(29)30(32-28)20-8-10-22(31)11-9-20/h3-15,17,27,29-30,32-33H,16H2,1-2H3/t27-,29-,30+/m1/s1. The Morgan fingerprint density at radius 1 is 0.861 bits per heavy atom. The summed E-state index contributed by atoms with van der Waals surface area (Å²) in [5, 5.41) is 3.75. The molecule has 2 N–H and O–H groups in total. The molecule has 2 aliphatic rings. The van der Waals surface area contributed by atoms with Gasteiger partial charge in [-0.05, 0) is 102 Å². The molecule has 182 valence electrons. The van der Waals surface area contributed by atoms with Crippen LogP contribution in [0.3, 0.4) is 0 Å². The summed E-state index contributed by atoms with van der Waals surface area (Å²) in [7, 11) is -3.74. The first-order valence-corrected chi connectivity index (χ1v) is 14.4. The average molecular weight is 560 g/mol. The predicted molar refractivity (Wildman–Crippen MR) is 149 cm³/mol. The van der Waals surface area contributed by atoms with Gasteiger partial charge >= 0.3 is 0 Å². The van der Waals surface area contributed by atoms with E-state index in [4.69, 9.17) is 0 Å². The molecule has 0 fully saturated rings. The van der Waals surface area contributed by atoms with Crippen molar-refractivity contribution in [1.82, 2.24) is 0 Å². The first-order valence-electron chi connectivity index (χ1n) is 12.1. The van der Waals surface area contributed by atoms with Crippen molar-refractivity contribution >= 4 is 37.3 Å². The van der Waals surface area contributed by atoms with E-state index in [-0.39, 0.29) is 16.9 Å². The van der Waals surface area contributed by atoms with Crippen molar-refractivity contribution in [1.29, 1.82) is 0 Å². The van der Waals surface area contributed by atoms with Crippen LogP contribution in [0.5, 0.6) is 0 Å². The number of sulfonamides is 1.